The van der Waals surface area contributed by atoms with E-state index in [1.54, 1.807) is 20.8 Å². The fourth-order valence-corrected chi connectivity index (χ4v) is 1.93. The summed E-state index contributed by atoms with van der Waals surface area (Å²) in [5.41, 5.74) is -0.591. The van der Waals surface area contributed by atoms with E-state index >= 15 is 0 Å². The molecule has 0 spiro atoms. The maximum absolute atomic E-state index is 13.1. The van der Waals surface area contributed by atoms with Gasteiger partial charge in [-0.05, 0) is 39.0 Å². The van der Waals surface area contributed by atoms with Crippen LogP contribution in [-0.2, 0) is 4.79 Å². The fraction of sp³-hybridized carbons (Fsp3) is 0.250. The Morgan fingerprint density at radius 3 is 2.52 bits per heavy atom. The first-order valence-corrected chi connectivity index (χ1v) is 7.53. The van der Waals surface area contributed by atoms with Crippen LogP contribution in [-0.4, -0.2) is 28.1 Å². The van der Waals surface area contributed by atoms with Crippen LogP contribution in [0, 0.1) is 5.82 Å². The van der Waals surface area contributed by atoms with Gasteiger partial charge in [-0.2, -0.15) is 0 Å². The molecule has 0 unspecified atom stereocenters. The van der Waals surface area contributed by atoms with E-state index in [0.29, 0.717) is 0 Å². The van der Waals surface area contributed by atoms with Gasteiger partial charge in [-0.25, -0.2) is 9.37 Å². The third-order valence-corrected chi connectivity index (χ3v) is 3.09. The van der Waals surface area contributed by atoms with Gasteiger partial charge in [-0.1, -0.05) is 11.6 Å². The number of aromatic nitrogens is 1. The maximum atomic E-state index is 13.1. The minimum Gasteiger partial charge on any atom is -0.441 e. The molecule has 2 amide bonds. The van der Waals surface area contributed by atoms with Crippen molar-refractivity contribution in [1.29, 1.82) is 0 Å². The second-order valence-electron chi connectivity index (χ2n) is 6.15. The summed E-state index contributed by atoms with van der Waals surface area (Å²) in [6.45, 7) is 5.13. The van der Waals surface area contributed by atoms with Crippen molar-refractivity contribution in [2.45, 2.75) is 26.3 Å². The first kappa shape index (κ1) is 18.6. The van der Waals surface area contributed by atoms with Crippen molar-refractivity contribution in [2.75, 3.05) is 5.32 Å². The number of benzene rings is 1. The van der Waals surface area contributed by atoms with Gasteiger partial charge in [0.05, 0.1) is 5.02 Å². The van der Waals surface area contributed by atoms with Crippen molar-refractivity contribution in [1.82, 2.24) is 10.3 Å². The van der Waals surface area contributed by atoms with Crippen LogP contribution in [0.1, 0.15) is 41.9 Å². The number of hydrogen-bond donors (Lipinski definition) is 2. The summed E-state index contributed by atoms with van der Waals surface area (Å²) in [5, 5.41) is 4.73. The van der Waals surface area contributed by atoms with E-state index in [-0.39, 0.29) is 16.4 Å². The summed E-state index contributed by atoms with van der Waals surface area (Å²) in [4.78, 5) is 39.5. The van der Waals surface area contributed by atoms with E-state index in [0.717, 1.165) is 12.3 Å². The molecule has 0 aliphatic heterocycles. The largest absolute Gasteiger partial charge is 0.441 e. The van der Waals surface area contributed by atoms with Crippen LogP contribution < -0.4 is 10.6 Å². The predicted molar refractivity (Wildman–Crippen MR) is 88.1 cm³/mol. The van der Waals surface area contributed by atoms with Crippen molar-refractivity contribution in [3.05, 3.63) is 46.9 Å². The molecule has 1 heterocycles. The SMILES string of the molecule is CC(C)(C)NC(=O)C(=O)c1nc(C(=O)Nc2ccc(F)c(Cl)c2)co1. The molecule has 9 heteroatoms. The molecular weight excluding hydrogens is 353 g/mol. The number of nitrogens with zero attached hydrogens (tertiary/aromatic N) is 1. The van der Waals surface area contributed by atoms with E-state index in [4.69, 9.17) is 16.0 Å². The first-order valence-electron chi connectivity index (χ1n) is 7.15. The molecule has 2 N–H and O–H groups in total. The van der Waals surface area contributed by atoms with Gasteiger partial charge in [-0.3, -0.25) is 14.4 Å². The van der Waals surface area contributed by atoms with E-state index in [2.05, 4.69) is 15.6 Å². The third kappa shape index (κ3) is 4.87. The van der Waals surface area contributed by atoms with Crippen LogP contribution >= 0.6 is 11.6 Å². The highest BCUT2D eigenvalue weighted by Crippen LogP contribution is 2.20. The van der Waals surface area contributed by atoms with E-state index in [1.807, 2.05) is 0 Å². The Balaban J connectivity index is 2.09. The molecular formula is C16H15ClFN3O4. The minimum atomic E-state index is -1.00. The predicted octanol–water partition coefficient (Wildman–Crippen LogP) is 2.82. The zero-order valence-corrected chi connectivity index (χ0v) is 14.4. The van der Waals surface area contributed by atoms with Gasteiger partial charge < -0.3 is 15.1 Å². The Kier molecular flexibility index (Phi) is 5.22. The van der Waals surface area contributed by atoms with Crippen molar-refractivity contribution in [3.63, 3.8) is 0 Å². The molecule has 132 valence electrons. The summed E-state index contributed by atoms with van der Waals surface area (Å²) < 4.78 is 18.0. The quantitative estimate of drug-likeness (QED) is 0.639. The van der Waals surface area contributed by atoms with Gasteiger partial charge >= 0.3 is 5.78 Å². The number of oxazole rings is 1. The van der Waals surface area contributed by atoms with Gasteiger partial charge in [0.1, 0.15) is 12.1 Å². The molecule has 0 fully saturated rings. The average Bonchev–Trinajstić information content (AvgIpc) is 2.98. The molecule has 0 aliphatic rings. The molecule has 2 rings (SSSR count). The zero-order valence-electron chi connectivity index (χ0n) is 13.6. The van der Waals surface area contributed by atoms with E-state index < -0.39 is 34.8 Å². The van der Waals surface area contributed by atoms with Crippen LogP contribution in [0.4, 0.5) is 10.1 Å². The normalized spacial score (nSPS) is 11.1. The second kappa shape index (κ2) is 7.02. The minimum absolute atomic E-state index is 0.160. The van der Waals surface area contributed by atoms with Crippen LogP contribution in [0.3, 0.4) is 0 Å². The molecule has 0 radical (unpaired) electrons. The van der Waals surface area contributed by atoms with E-state index in [9.17, 15) is 18.8 Å². The molecule has 7 nitrogen and oxygen atoms in total. The highest BCUT2D eigenvalue weighted by Gasteiger charge is 2.26. The zero-order chi connectivity index (χ0) is 18.8. The highest BCUT2D eigenvalue weighted by molar-refractivity contribution is 6.41. The van der Waals surface area contributed by atoms with Crippen molar-refractivity contribution >= 4 is 34.9 Å². The van der Waals surface area contributed by atoms with Crippen molar-refractivity contribution in [2.24, 2.45) is 0 Å². The Morgan fingerprint density at radius 2 is 1.92 bits per heavy atom. The number of amides is 2. The molecule has 25 heavy (non-hydrogen) atoms. The van der Waals surface area contributed by atoms with Crippen molar-refractivity contribution < 1.29 is 23.2 Å². The molecule has 0 saturated heterocycles. The summed E-state index contributed by atoms with van der Waals surface area (Å²) in [6.07, 6.45) is 0.943. The lowest BCUT2D eigenvalue weighted by molar-refractivity contribution is -0.118. The lowest BCUT2D eigenvalue weighted by Gasteiger charge is -2.19. The molecule has 2 aromatic rings. The van der Waals surface area contributed by atoms with Gasteiger partial charge in [0.25, 0.3) is 17.7 Å². The van der Waals surface area contributed by atoms with Crippen LogP contribution in [0.2, 0.25) is 5.02 Å². The Morgan fingerprint density at radius 1 is 1.24 bits per heavy atom. The number of rotatable bonds is 4. The molecule has 1 aromatic carbocycles. The van der Waals surface area contributed by atoms with Crippen molar-refractivity contribution in [3.8, 4) is 0 Å². The van der Waals surface area contributed by atoms with E-state index in [1.165, 1.54) is 12.1 Å². The number of nitrogens with one attached hydrogen (secondary N) is 2. The maximum Gasteiger partial charge on any atom is 0.304 e. The van der Waals surface area contributed by atoms with Crippen LogP contribution in [0.15, 0.2) is 28.9 Å². The highest BCUT2D eigenvalue weighted by atomic mass is 35.5. The fourth-order valence-electron chi connectivity index (χ4n) is 1.75. The summed E-state index contributed by atoms with van der Waals surface area (Å²) >= 11 is 5.63. The molecule has 0 aliphatic carbocycles. The lowest BCUT2D eigenvalue weighted by Crippen LogP contribution is -2.44. The van der Waals surface area contributed by atoms with Crippen LogP contribution in [0.5, 0.6) is 0 Å². The Labute approximate surface area is 147 Å². The van der Waals surface area contributed by atoms with Gasteiger partial charge in [0, 0.05) is 11.2 Å². The summed E-state index contributed by atoms with van der Waals surface area (Å²) in [7, 11) is 0. The number of ketones is 1. The number of halogens is 2. The standard InChI is InChI=1S/C16H15ClFN3O4/c1-16(2,3)21-14(24)12(22)15-20-11(7-25-15)13(23)19-8-4-5-10(18)9(17)6-8/h4-7H,1-3H3,(H,19,23)(H,21,24). The molecule has 0 atom stereocenters. The molecule has 0 saturated carbocycles. The van der Waals surface area contributed by atoms with Gasteiger partial charge in [0.15, 0.2) is 5.69 Å². The number of carbonyl (C=O) groups excluding carboxylic acids is 3. The first-order chi connectivity index (χ1) is 11.6. The van der Waals surface area contributed by atoms with Crippen LogP contribution in [0.25, 0.3) is 0 Å². The number of carbonyl (C=O) groups is 3. The Bertz CT molecular complexity index is 842. The lowest BCUT2D eigenvalue weighted by atomic mass is 10.1. The average molecular weight is 368 g/mol. The summed E-state index contributed by atoms with van der Waals surface area (Å²) in [5.74, 6) is -3.74. The summed E-state index contributed by atoms with van der Waals surface area (Å²) in [6, 6.07) is 3.62. The third-order valence-electron chi connectivity index (χ3n) is 2.80. The molecule has 0 bridgehead atoms. The smallest absolute Gasteiger partial charge is 0.304 e. The number of hydrogen-bond acceptors (Lipinski definition) is 5. The van der Waals surface area contributed by atoms with Gasteiger partial charge in [-0.15, -0.1) is 0 Å². The monoisotopic (exact) mass is 367 g/mol. The number of anilines is 1. The topological polar surface area (TPSA) is 101 Å². The molecule has 1 aromatic heterocycles. The Hall–Kier alpha value is -2.74. The second-order valence-corrected chi connectivity index (χ2v) is 6.56. The number of Topliss-reactive ketones (excluding diaryl/α,β-unsaturated/α-hetero) is 1. The van der Waals surface area contributed by atoms with Gasteiger partial charge in [0.2, 0.25) is 0 Å².